The van der Waals surface area contributed by atoms with Gasteiger partial charge in [0.2, 0.25) is 0 Å². The van der Waals surface area contributed by atoms with Gasteiger partial charge in [-0.1, -0.05) is 39.3 Å². The quantitative estimate of drug-likeness (QED) is 0.788. The second-order valence-corrected chi connectivity index (χ2v) is 6.40. The van der Waals surface area contributed by atoms with Crippen LogP contribution in [0.1, 0.15) is 75.1 Å². The van der Waals surface area contributed by atoms with E-state index in [1.54, 1.807) is 0 Å². The zero-order valence-electron chi connectivity index (χ0n) is 12.4. The maximum absolute atomic E-state index is 6.68. The first kappa shape index (κ1) is 14.8. The number of rotatable bonds is 3. The molecule has 1 aromatic heterocycles. The largest absolute Gasteiger partial charge is 0.381 e. The van der Waals surface area contributed by atoms with E-state index in [1.807, 2.05) is 6.20 Å². The van der Waals surface area contributed by atoms with Crippen LogP contribution in [0.15, 0.2) is 6.20 Å². The van der Waals surface area contributed by atoms with Gasteiger partial charge in [0.15, 0.2) is 0 Å². The molecule has 1 aliphatic rings. The first-order valence-corrected chi connectivity index (χ1v) is 7.66. The molecule has 0 aromatic carbocycles. The van der Waals surface area contributed by atoms with Crippen molar-refractivity contribution in [2.45, 2.75) is 58.3 Å². The van der Waals surface area contributed by atoms with Crippen LogP contribution in [0.2, 0.25) is 5.02 Å². The molecule has 106 valence electrons. The zero-order chi connectivity index (χ0) is 14.0. The van der Waals surface area contributed by atoms with Gasteiger partial charge >= 0.3 is 0 Å². The molecule has 1 aromatic rings. The molecule has 2 heterocycles. The summed E-state index contributed by atoms with van der Waals surface area (Å²) in [6.45, 7) is 10.5. The van der Waals surface area contributed by atoms with Crippen molar-refractivity contribution in [1.82, 2.24) is 4.98 Å². The molecule has 0 radical (unpaired) electrons. The van der Waals surface area contributed by atoms with Gasteiger partial charge in [0.05, 0.1) is 10.7 Å². The van der Waals surface area contributed by atoms with Gasteiger partial charge in [-0.25, -0.2) is 0 Å². The molecule has 0 aliphatic carbocycles. The first-order valence-electron chi connectivity index (χ1n) is 7.28. The fourth-order valence-corrected chi connectivity index (χ4v) is 3.36. The van der Waals surface area contributed by atoms with E-state index < -0.39 is 0 Å². The molecule has 1 aliphatic heterocycles. The van der Waals surface area contributed by atoms with Crippen LogP contribution in [0.4, 0.5) is 0 Å². The maximum Gasteiger partial charge on any atom is 0.0661 e. The lowest BCUT2D eigenvalue weighted by molar-refractivity contribution is 0.0845. The minimum absolute atomic E-state index is 0.437. The number of pyridine rings is 1. The number of nitrogens with zero attached hydrogens (tertiary/aromatic N) is 1. The molecule has 0 amide bonds. The average molecular weight is 282 g/mol. The molecule has 3 heteroatoms. The van der Waals surface area contributed by atoms with Gasteiger partial charge in [-0.15, -0.1) is 0 Å². The number of aromatic nitrogens is 1. The summed E-state index contributed by atoms with van der Waals surface area (Å²) in [4.78, 5) is 4.68. The number of halogens is 1. The Morgan fingerprint density at radius 2 is 1.79 bits per heavy atom. The molecule has 0 unspecified atom stereocenters. The van der Waals surface area contributed by atoms with E-state index in [0.717, 1.165) is 36.8 Å². The second-order valence-electron chi connectivity index (χ2n) is 6.02. The minimum atomic E-state index is 0.437. The predicted molar refractivity (Wildman–Crippen MR) is 80.2 cm³/mol. The van der Waals surface area contributed by atoms with Crippen LogP contribution in [0.3, 0.4) is 0 Å². The topological polar surface area (TPSA) is 22.1 Å². The smallest absolute Gasteiger partial charge is 0.0661 e. The van der Waals surface area contributed by atoms with Gasteiger partial charge in [-0.3, -0.25) is 4.98 Å². The number of hydrogen-bond acceptors (Lipinski definition) is 2. The van der Waals surface area contributed by atoms with Crippen LogP contribution in [0.25, 0.3) is 0 Å². The highest BCUT2D eigenvalue weighted by molar-refractivity contribution is 6.32. The summed E-state index contributed by atoms with van der Waals surface area (Å²) in [6.07, 6.45) is 4.10. The van der Waals surface area contributed by atoms with Crippen LogP contribution in [-0.4, -0.2) is 18.2 Å². The summed E-state index contributed by atoms with van der Waals surface area (Å²) in [5.41, 5.74) is 3.65. The van der Waals surface area contributed by atoms with Gasteiger partial charge in [0.25, 0.3) is 0 Å². The summed E-state index contributed by atoms with van der Waals surface area (Å²) in [5.74, 6) is 1.36. The maximum atomic E-state index is 6.68. The Labute approximate surface area is 121 Å². The van der Waals surface area contributed by atoms with Crippen LogP contribution in [0.5, 0.6) is 0 Å². The van der Waals surface area contributed by atoms with Gasteiger partial charge in [-0.2, -0.15) is 0 Å². The van der Waals surface area contributed by atoms with E-state index in [-0.39, 0.29) is 0 Å². The molecule has 0 atom stereocenters. The third-order valence-electron chi connectivity index (χ3n) is 3.92. The fourth-order valence-electron chi connectivity index (χ4n) is 2.83. The molecule has 1 saturated heterocycles. The molecule has 19 heavy (non-hydrogen) atoms. The summed E-state index contributed by atoms with van der Waals surface area (Å²) in [5, 5.41) is 0.896. The normalized spacial score (nSPS) is 17.4. The molecule has 0 N–H and O–H groups in total. The predicted octanol–water partition coefficient (Wildman–Crippen LogP) is 4.88. The highest BCUT2D eigenvalue weighted by atomic mass is 35.5. The van der Waals surface area contributed by atoms with Crippen LogP contribution in [-0.2, 0) is 4.74 Å². The number of ether oxygens (including phenoxy) is 1. The molecule has 0 saturated carbocycles. The van der Waals surface area contributed by atoms with Crippen molar-refractivity contribution < 1.29 is 4.74 Å². The molecule has 2 nitrogen and oxygen atoms in total. The van der Waals surface area contributed by atoms with Crippen LogP contribution < -0.4 is 0 Å². The van der Waals surface area contributed by atoms with Crippen molar-refractivity contribution in [3.05, 3.63) is 28.0 Å². The van der Waals surface area contributed by atoms with Crippen LogP contribution in [0, 0.1) is 0 Å². The van der Waals surface area contributed by atoms with E-state index in [4.69, 9.17) is 16.3 Å². The SMILES string of the molecule is CC(C)c1cnc(C2CCOCC2)c(Cl)c1C(C)C. The second kappa shape index (κ2) is 6.23. The first-order chi connectivity index (χ1) is 9.02. The molecule has 0 bridgehead atoms. The van der Waals surface area contributed by atoms with Crippen molar-refractivity contribution >= 4 is 11.6 Å². The lowest BCUT2D eigenvalue weighted by Gasteiger charge is -2.25. The lowest BCUT2D eigenvalue weighted by atomic mass is 9.88. The third-order valence-corrected chi connectivity index (χ3v) is 4.32. The van der Waals surface area contributed by atoms with E-state index in [1.165, 1.54) is 11.1 Å². The van der Waals surface area contributed by atoms with Crippen molar-refractivity contribution in [1.29, 1.82) is 0 Å². The Balaban J connectivity index is 2.43. The van der Waals surface area contributed by atoms with Gasteiger partial charge in [0.1, 0.15) is 0 Å². The minimum Gasteiger partial charge on any atom is -0.381 e. The van der Waals surface area contributed by atoms with Crippen molar-refractivity contribution in [2.75, 3.05) is 13.2 Å². The molecule has 2 rings (SSSR count). The fraction of sp³-hybridized carbons (Fsp3) is 0.688. The van der Waals surface area contributed by atoms with Gasteiger partial charge < -0.3 is 4.74 Å². The highest BCUT2D eigenvalue weighted by Crippen LogP contribution is 2.38. The highest BCUT2D eigenvalue weighted by Gasteiger charge is 2.24. The molecule has 1 fully saturated rings. The molecular formula is C16H24ClNO. The zero-order valence-corrected chi connectivity index (χ0v) is 13.1. The lowest BCUT2D eigenvalue weighted by Crippen LogP contribution is -2.17. The van der Waals surface area contributed by atoms with E-state index in [2.05, 4.69) is 32.7 Å². The Morgan fingerprint density at radius 1 is 1.16 bits per heavy atom. The summed E-state index contributed by atoms with van der Waals surface area (Å²) in [7, 11) is 0. The van der Waals surface area contributed by atoms with E-state index in [9.17, 15) is 0 Å². The van der Waals surface area contributed by atoms with Gasteiger partial charge in [-0.05, 0) is 35.8 Å². The average Bonchev–Trinajstić information content (AvgIpc) is 2.38. The Bertz CT molecular complexity index is 437. The van der Waals surface area contributed by atoms with Crippen molar-refractivity contribution in [3.8, 4) is 0 Å². The summed E-state index contributed by atoms with van der Waals surface area (Å²) < 4.78 is 5.43. The number of hydrogen-bond donors (Lipinski definition) is 0. The van der Waals surface area contributed by atoms with Crippen LogP contribution >= 0.6 is 11.6 Å². The third kappa shape index (κ3) is 3.11. The van der Waals surface area contributed by atoms with Crippen molar-refractivity contribution in [2.24, 2.45) is 0 Å². The summed E-state index contributed by atoms with van der Waals surface area (Å²) in [6, 6.07) is 0. The molecular weight excluding hydrogens is 258 g/mol. The Kier molecular flexibility index (Phi) is 4.86. The van der Waals surface area contributed by atoms with Crippen molar-refractivity contribution in [3.63, 3.8) is 0 Å². The van der Waals surface area contributed by atoms with Gasteiger partial charge in [0, 0.05) is 25.3 Å². The Morgan fingerprint density at radius 3 is 2.32 bits per heavy atom. The Hall–Kier alpha value is -0.600. The standard InChI is InChI=1S/C16H24ClNO/c1-10(2)13-9-18-16(12-5-7-19-8-6-12)15(17)14(13)11(3)4/h9-12H,5-8H2,1-4H3. The van der Waals surface area contributed by atoms with E-state index >= 15 is 0 Å². The molecule has 0 spiro atoms. The summed E-state index contributed by atoms with van der Waals surface area (Å²) >= 11 is 6.68. The monoisotopic (exact) mass is 281 g/mol. The van der Waals surface area contributed by atoms with E-state index in [0.29, 0.717) is 17.8 Å².